The highest BCUT2D eigenvalue weighted by molar-refractivity contribution is 7.89. The minimum absolute atomic E-state index is 0.342. The summed E-state index contributed by atoms with van der Waals surface area (Å²) in [6, 6.07) is 15.6. The molecule has 1 N–H and O–H groups in total. The molecule has 0 fully saturated rings. The van der Waals surface area contributed by atoms with Crippen molar-refractivity contribution in [1.82, 2.24) is 9.62 Å². The van der Waals surface area contributed by atoms with E-state index >= 15 is 0 Å². The Kier molecular flexibility index (Phi) is 5.33. The van der Waals surface area contributed by atoms with Crippen molar-refractivity contribution in [1.29, 1.82) is 0 Å². The number of fused-ring (bicyclic) bond motifs is 1. The largest absolute Gasteiger partial charge is 0.299 e. The minimum Gasteiger partial charge on any atom is -0.299 e. The van der Waals surface area contributed by atoms with Crippen molar-refractivity contribution in [3.8, 4) is 0 Å². The second kappa shape index (κ2) is 7.47. The molecular formula is C19H24N2O2S. The van der Waals surface area contributed by atoms with Crippen LogP contribution in [-0.4, -0.2) is 33.0 Å². The molecule has 1 aliphatic heterocycles. The van der Waals surface area contributed by atoms with Gasteiger partial charge in [-0.2, -0.15) is 0 Å². The van der Waals surface area contributed by atoms with E-state index in [1.165, 1.54) is 11.1 Å². The predicted octanol–water partition coefficient (Wildman–Crippen LogP) is 2.72. The lowest BCUT2D eigenvalue weighted by atomic mass is 10.00. The van der Waals surface area contributed by atoms with E-state index in [0.29, 0.717) is 11.4 Å². The highest BCUT2D eigenvalue weighted by Crippen LogP contribution is 2.18. The Morgan fingerprint density at radius 2 is 1.88 bits per heavy atom. The summed E-state index contributed by atoms with van der Waals surface area (Å²) in [5, 5.41) is 0. The molecule has 1 heterocycles. The zero-order valence-corrected chi connectivity index (χ0v) is 14.8. The zero-order valence-electron chi connectivity index (χ0n) is 14.0. The van der Waals surface area contributed by atoms with Crippen LogP contribution in [0.2, 0.25) is 0 Å². The average molecular weight is 344 g/mol. The Hall–Kier alpha value is -1.69. The van der Waals surface area contributed by atoms with E-state index in [0.717, 1.165) is 38.0 Å². The molecule has 0 spiro atoms. The number of aryl methyl sites for hydroxylation is 1. The van der Waals surface area contributed by atoms with Crippen LogP contribution in [0.5, 0.6) is 0 Å². The number of nitrogens with one attached hydrogen (secondary N) is 1. The monoisotopic (exact) mass is 344 g/mol. The van der Waals surface area contributed by atoms with Crippen LogP contribution in [0.25, 0.3) is 0 Å². The number of benzene rings is 2. The van der Waals surface area contributed by atoms with Gasteiger partial charge in [0.2, 0.25) is 10.0 Å². The number of hydrogen-bond acceptors (Lipinski definition) is 3. The summed E-state index contributed by atoms with van der Waals surface area (Å²) < 4.78 is 27.3. The van der Waals surface area contributed by atoms with Crippen molar-refractivity contribution < 1.29 is 8.42 Å². The van der Waals surface area contributed by atoms with Crippen molar-refractivity contribution >= 4 is 10.0 Å². The van der Waals surface area contributed by atoms with Crippen LogP contribution in [0.3, 0.4) is 0 Å². The van der Waals surface area contributed by atoms with Crippen molar-refractivity contribution in [3.63, 3.8) is 0 Å². The maximum absolute atomic E-state index is 12.3. The fourth-order valence-electron chi connectivity index (χ4n) is 3.12. The molecule has 0 atom stereocenters. The number of hydrogen-bond donors (Lipinski definition) is 1. The number of rotatable bonds is 6. The summed E-state index contributed by atoms with van der Waals surface area (Å²) in [7, 11) is -3.40. The molecule has 0 amide bonds. The second-order valence-electron chi connectivity index (χ2n) is 6.36. The van der Waals surface area contributed by atoms with Gasteiger partial charge in [-0.15, -0.1) is 0 Å². The molecular weight excluding hydrogens is 320 g/mol. The topological polar surface area (TPSA) is 49.4 Å². The van der Waals surface area contributed by atoms with Crippen LogP contribution >= 0.6 is 0 Å². The molecule has 5 heteroatoms. The van der Waals surface area contributed by atoms with Crippen LogP contribution in [-0.2, 0) is 23.0 Å². The highest BCUT2D eigenvalue weighted by atomic mass is 32.2. The van der Waals surface area contributed by atoms with E-state index in [9.17, 15) is 8.42 Å². The Morgan fingerprint density at radius 1 is 1.08 bits per heavy atom. The first-order valence-electron chi connectivity index (χ1n) is 8.40. The van der Waals surface area contributed by atoms with Gasteiger partial charge in [0.1, 0.15) is 0 Å². The van der Waals surface area contributed by atoms with Gasteiger partial charge >= 0.3 is 0 Å². The molecule has 0 aromatic heterocycles. The molecule has 0 radical (unpaired) electrons. The summed E-state index contributed by atoms with van der Waals surface area (Å²) in [5.74, 6) is 0. The van der Waals surface area contributed by atoms with Crippen LogP contribution in [0.1, 0.15) is 23.1 Å². The predicted molar refractivity (Wildman–Crippen MR) is 96.4 cm³/mol. The molecule has 0 saturated carbocycles. The molecule has 1 aliphatic rings. The zero-order chi connectivity index (χ0) is 17.0. The van der Waals surface area contributed by atoms with Crippen molar-refractivity contribution in [3.05, 3.63) is 65.2 Å². The molecule has 0 bridgehead atoms. The molecule has 0 unspecified atom stereocenters. The third-order valence-electron chi connectivity index (χ3n) is 4.45. The van der Waals surface area contributed by atoms with Crippen LogP contribution < -0.4 is 4.72 Å². The molecule has 3 rings (SSSR count). The molecule has 128 valence electrons. The first-order chi connectivity index (χ1) is 11.5. The standard InChI is InChI=1S/C19H24N2O2S/c1-16-6-4-9-19(14-16)24(22,23)20-11-5-12-21-13-10-17-7-2-3-8-18(17)15-21/h2-4,6-9,14,20H,5,10-13,15H2,1H3. The number of nitrogens with zero attached hydrogens (tertiary/aromatic N) is 1. The summed E-state index contributed by atoms with van der Waals surface area (Å²) in [6.07, 6.45) is 1.89. The van der Waals surface area contributed by atoms with Crippen molar-refractivity contribution in [2.75, 3.05) is 19.6 Å². The SMILES string of the molecule is Cc1cccc(S(=O)(=O)NCCCN2CCc3ccccc3C2)c1. The molecule has 4 nitrogen and oxygen atoms in total. The van der Waals surface area contributed by atoms with Gasteiger partial charge in [0.25, 0.3) is 0 Å². The maximum atomic E-state index is 12.3. The van der Waals surface area contributed by atoms with Crippen LogP contribution in [0.15, 0.2) is 53.4 Å². The van der Waals surface area contributed by atoms with Crippen molar-refractivity contribution in [2.45, 2.75) is 31.2 Å². The van der Waals surface area contributed by atoms with E-state index in [1.54, 1.807) is 18.2 Å². The fourth-order valence-corrected chi connectivity index (χ4v) is 4.30. The average Bonchev–Trinajstić information content (AvgIpc) is 2.59. The third kappa shape index (κ3) is 4.23. The molecule has 24 heavy (non-hydrogen) atoms. The fraction of sp³-hybridized carbons (Fsp3) is 0.368. The smallest absolute Gasteiger partial charge is 0.240 e. The van der Waals surface area contributed by atoms with E-state index in [-0.39, 0.29) is 0 Å². The van der Waals surface area contributed by atoms with Crippen molar-refractivity contribution in [2.24, 2.45) is 0 Å². The van der Waals surface area contributed by atoms with Gasteiger partial charge in [0, 0.05) is 19.6 Å². The van der Waals surface area contributed by atoms with E-state index < -0.39 is 10.0 Å². The molecule has 0 aliphatic carbocycles. The Morgan fingerprint density at radius 3 is 2.67 bits per heavy atom. The lowest BCUT2D eigenvalue weighted by Crippen LogP contribution is -2.33. The lowest BCUT2D eigenvalue weighted by Gasteiger charge is -2.28. The summed E-state index contributed by atoms with van der Waals surface area (Å²) in [5.41, 5.74) is 3.78. The highest BCUT2D eigenvalue weighted by Gasteiger charge is 2.16. The Balaban J connectivity index is 1.48. The third-order valence-corrected chi connectivity index (χ3v) is 5.91. The molecule has 0 saturated heterocycles. The van der Waals surface area contributed by atoms with Gasteiger partial charge < -0.3 is 0 Å². The summed E-state index contributed by atoms with van der Waals surface area (Å²) in [6.45, 7) is 5.27. The van der Waals surface area contributed by atoms with E-state index in [1.807, 2.05) is 13.0 Å². The quantitative estimate of drug-likeness (QED) is 0.820. The maximum Gasteiger partial charge on any atom is 0.240 e. The summed E-state index contributed by atoms with van der Waals surface area (Å²) >= 11 is 0. The summed E-state index contributed by atoms with van der Waals surface area (Å²) in [4.78, 5) is 2.73. The Bertz CT molecular complexity index is 803. The van der Waals surface area contributed by atoms with Gasteiger partial charge in [-0.25, -0.2) is 13.1 Å². The van der Waals surface area contributed by atoms with Gasteiger partial charge in [-0.3, -0.25) is 4.90 Å². The first kappa shape index (κ1) is 17.1. The van der Waals surface area contributed by atoms with Gasteiger partial charge in [-0.05, 0) is 55.1 Å². The van der Waals surface area contributed by atoms with Crippen LogP contribution in [0.4, 0.5) is 0 Å². The molecule has 2 aromatic rings. The molecule has 2 aromatic carbocycles. The first-order valence-corrected chi connectivity index (χ1v) is 9.88. The number of sulfonamides is 1. The van der Waals surface area contributed by atoms with Crippen LogP contribution in [0, 0.1) is 6.92 Å². The second-order valence-corrected chi connectivity index (χ2v) is 8.13. The Labute approximate surface area is 144 Å². The van der Waals surface area contributed by atoms with Gasteiger partial charge in [0.15, 0.2) is 0 Å². The van der Waals surface area contributed by atoms with E-state index in [2.05, 4.69) is 33.9 Å². The van der Waals surface area contributed by atoms with Gasteiger partial charge in [0.05, 0.1) is 4.90 Å². The lowest BCUT2D eigenvalue weighted by molar-refractivity contribution is 0.251. The van der Waals surface area contributed by atoms with E-state index in [4.69, 9.17) is 0 Å². The van der Waals surface area contributed by atoms with Gasteiger partial charge in [-0.1, -0.05) is 36.4 Å². The minimum atomic E-state index is -3.40. The normalized spacial score (nSPS) is 15.2.